The van der Waals surface area contributed by atoms with Gasteiger partial charge in [-0.05, 0) is 18.6 Å². The Balaban J connectivity index is 0.00000300. The van der Waals surface area contributed by atoms with Gasteiger partial charge in [-0.15, -0.1) is 24.0 Å². The summed E-state index contributed by atoms with van der Waals surface area (Å²) in [4.78, 5) is 13.1. The number of anilines is 1. The summed E-state index contributed by atoms with van der Waals surface area (Å²) in [5.74, 6) is 2.42. The van der Waals surface area contributed by atoms with Crippen molar-refractivity contribution in [3.05, 3.63) is 41.8 Å². The number of nitrogens with one attached hydrogen (secondary N) is 1. The molecule has 9 heteroatoms. The predicted octanol–water partition coefficient (Wildman–Crippen LogP) is 3.28. The highest BCUT2D eigenvalue weighted by Gasteiger charge is 2.21. The Hall–Kier alpha value is -1.91. The molecule has 29 heavy (non-hydrogen) atoms. The van der Waals surface area contributed by atoms with Crippen LogP contribution in [0.15, 0.2) is 33.8 Å². The molecule has 160 valence electrons. The van der Waals surface area contributed by atoms with Gasteiger partial charge < -0.3 is 19.6 Å². The van der Waals surface area contributed by atoms with Crippen LogP contribution in [-0.4, -0.2) is 60.8 Å². The van der Waals surface area contributed by atoms with E-state index in [-0.39, 0.29) is 35.7 Å². The van der Waals surface area contributed by atoms with Crippen molar-refractivity contribution in [1.29, 1.82) is 0 Å². The molecule has 0 radical (unpaired) electrons. The molecule has 0 unspecified atom stereocenters. The molecule has 0 saturated carbocycles. The quantitative estimate of drug-likeness (QED) is 0.275. The van der Waals surface area contributed by atoms with Gasteiger partial charge in [0.15, 0.2) is 11.8 Å². The number of aromatic nitrogens is 2. The molecule has 7 nitrogen and oxygen atoms in total. The number of piperazine rings is 1. The topological polar surface area (TPSA) is 69.8 Å². The summed E-state index contributed by atoms with van der Waals surface area (Å²) in [6, 6.07) is 6.94. The Labute approximate surface area is 188 Å². The maximum Gasteiger partial charge on any atom is 0.226 e. The lowest BCUT2D eigenvalue weighted by Gasteiger charge is -2.37. The largest absolute Gasteiger partial charge is 0.366 e. The van der Waals surface area contributed by atoms with Crippen LogP contribution in [0.2, 0.25) is 0 Å². The zero-order chi connectivity index (χ0) is 19.9. The first-order valence-electron chi connectivity index (χ1n) is 9.86. The minimum absolute atomic E-state index is 0. The van der Waals surface area contributed by atoms with Gasteiger partial charge >= 0.3 is 0 Å². The highest BCUT2D eigenvalue weighted by atomic mass is 127. The Bertz CT molecular complexity index is 789. The van der Waals surface area contributed by atoms with Gasteiger partial charge in [-0.2, -0.15) is 4.98 Å². The van der Waals surface area contributed by atoms with Crippen LogP contribution in [0.25, 0.3) is 0 Å². The molecule has 0 spiro atoms. The van der Waals surface area contributed by atoms with Crippen molar-refractivity contribution in [3.8, 4) is 0 Å². The van der Waals surface area contributed by atoms with Crippen molar-refractivity contribution in [2.75, 3.05) is 44.7 Å². The summed E-state index contributed by atoms with van der Waals surface area (Å²) < 4.78 is 19.3. The number of halogens is 2. The molecular weight excluding hydrogens is 486 g/mol. The summed E-state index contributed by atoms with van der Waals surface area (Å²) in [6.07, 6.45) is 1.62. The lowest BCUT2D eigenvalue weighted by Crippen LogP contribution is -2.52. The van der Waals surface area contributed by atoms with Gasteiger partial charge in [0.05, 0.1) is 5.69 Å². The first-order chi connectivity index (χ1) is 13.6. The number of hydrogen-bond donors (Lipinski definition) is 1. The molecule has 1 saturated heterocycles. The van der Waals surface area contributed by atoms with Gasteiger partial charge in [0.2, 0.25) is 5.89 Å². The van der Waals surface area contributed by atoms with Gasteiger partial charge in [-0.25, -0.2) is 4.39 Å². The van der Waals surface area contributed by atoms with Crippen LogP contribution in [-0.2, 0) is 6.42 Å². The Morgan fingerprint density at radius 2 is 1.97 bits per heavy atom. The number of nitrogens with zero attached hydrogens (tertiary/aromatic N) is 5. The van der Waals surface area contributed by atoms with E-state index in [4.69, 9.17) is 4.52 Å². The number of rotatable bonds is 6. The minimum Gasteiger partial charge on any atom is -0.366 e. The molecule has 1 fully saturated rings. The standard InChI is InChI=1S/C20H29FN6O.HI/c1-15(2)19-24-18(28-25-19)9-6-10-23-20(22-3)27-13-11-26(12-14-27)17-8-5-4-7-16(17)21;/h4-5,7-8,15H,6,9-14H2,1-3H3,(H,22,23);1H. The highest BCUT2D eigenvalue weighted by Crippen LogP contribution is 2.20. The normalized spacial score (nSPS) is 14.9. The van der Waals surface area contributed by atoms with Gasteiger partial charge in [-0.1, -0.05) is 31.1 Å². The zero-order valence-electron chi connectivity index (χ0n) is 17.3. The smallest absolute Gasteiger partial charge is 0.226 e. The fraction of sp³-hybridized carbons (Fsp3) is 0.550. The fourth-order valence-electron chi connectivity index (χ4n) is 3.24. The predicted molar refractivity (Wildman–Crippen MR) is 124 cm³/mol. The second kappa shape index (κ2) is 11.3. The molecule has 1 aliphatic rings. The molecule has 1 aliphatic heterocycles. The molecule has 0 atom stereocenters. The number of aryl methyl sites for hydroxylation is 1. The molecule has 0 aliphatic carbocycles. The number of para-hydroxylation sites is 1. The van der Waals surface area contributed by atoms with E-state index < -0.39 is 0 Å². The summed E-state index contributed by atoms with van der Waals surface area (Å²) in [7, 11) is 1.79. The fourth-order valence-corrected chi connectivity index (χ4v) is 3.24. The van der Waals surface area contributed by atoms with Crippen molar-refractivity contribution < 1.29 is 8.91 Å². The zero-order valence-corrected chi connectivity index (χ0v) is 19.6. The van der Waals surface area contributed by atoms with Crippen molar-refractivity contribution in [2.45, 2.75) is 32.6 Å². The molecule has 2 aromatic rings. The van der Waals surface area contributed by atoms with Crippen LogP contribution in [0.1, 0.15) is 37.9 Å². The third-order valence-corrected chi connectivity index (χ3v) is 4.83. The average molecular weight is 516 g/mol. The van der Waals surface area contributed by atoms with E-state index >= 15 is 0 Å². The Morgan fingerprint density at radius 3 is 2.59 bits per heavy atom. The monoisotopic (exact) mass is 516 g/mol. The van der Waals surface area contributed by atoms with E-state index in [9.17, 15) is 4.39 Å². The number of hydrogen-bond acceptors (Lipinski definition) is 5. The lowest BCUT2D eigenvalue weighted by atomic mass is 10.2. The van der Waals surface area contributed by atoms with E-state index in [1.165, 1.54) is 6.07 Å². The summed E-state index contributed by atoms with van der Waals surface area (Å²) in [5.41, 5.74) is 0.672. The van der Waals surface area contributed by atoms with Gasteiger partial charge in [0, 0.05) is 52.1 Å². The van der Waals surface area contributed by atoms with Crippen molar-refractivity contribution in [2.24, 2.45) is 4.99 Å². The number of guanidine groups is 1. The maximum atomic E-state index is 14.0. The summed E-state index contributed by atoms with van der Waals surface area (Å²) >= 11 is 0. The lowest BCUT2D eigenvalue weighted by molar-refractivity contribution is 0.363. The average Bonchev–Trinajstić information content (AvgIpc) is 3.18. The summed E-state index contributed by atoms with van der Waals surface area (Å²) in [5, 5.41) is 7.39. The van der Waals surface area contributed by atoms with Crippen LogP contribution in [0.3, 0.4) is 0 Å². The second-order valence-corrected chi connectivity index (χ2v) is 7.20. The minimum atomic E-state index is -0.167. The van der Waals surface area contributed by atoms with Crippen LogP contribution in [0.4, 0.5) is 10.1 Å². The molecule has 0 bridgehead atoms. The summed E-state index contributed by atoms with van der Waals surface area (Å²) in [6.45, 7) is 8.01. The number of aliphatic imine (C=N–C) groups is 1. The van der Waals surface area contributed by atoms with E-state index in [0.29, 0.717) is 11.6 Å². The van der Waals surface area contributed by atoms with Crippen molar-refractivity contribution in [1.82, 2.24) is 20.4 Å². The molecule has 1 N–H and O–H groups in total. The molecule has 3 rings (SSSR count). The van der Waals surface area contributed by atoms with Crippen molar-refractivity contribution >= 4 is 35.6 Å². The van der Waals surface area contributed by atoms with E-state index in [1.54, 1.807) is 13.1 Å². The molecular formula is C20H30FIN6O. The first-order valence-corrected chi connectivity index (χ1v) is 9.86. The van der Waals surface area contributed by atoms with Gasteiger partial charge in [0.25, 0.3) is 0 Å². The van der Waals surface area contributed by atoms with Crippen LogP contribution in [0.5, 0.6) is 0 Å². The van der Waals surface area contributed by atoms with Gasteiger partial charge in [-0.3, -0.25) is 4.99 Å². The first kappa shape index (κ1) is 23.4. The molecule has 2 heterocycles. The second-order valence-electron chi connectivity index (χ2n) is 7.20. The van der Waals surface area contributed by atoms with E-state index in [1.807, 2.05) is 26.0 Å². The number of benzene rings is 1. The SMILES string of the molecule is CN=C(NCCCc1nc(C(C)C)no1)N1CCN(c2ccccc2F)CC1.I. The highest BCUT2D eigenvalue weighted by molar-refractivity contribution is 14.0. The maximum absolute atomic E-state index is 14.0. The van der Waals surface area contributed by atoms with Gasteiger partial charge in [0.1, 0.15) is 5.82 Å². The van der Waals surface area contributed by atoms with Crippen molar-refractivity contribution in [3.63, 3.8) is 0 Å². The third-order valence-electron chi connectivity index (χ3n) is 4.83. The Kier molecular flexibility index (Phi) is 9.12. The molecule has 0 amide bonds. The van der Waals surface area contributed by atoms with Crippen LogP contribution >= 0.6 is 24.0 Å². The molecule has 1 aromatic carbocycles. The Morgan fingerprint density at radius 1 is 1.24 bits per heavy atom. The third kappa shape index (κ3) is 6.28. The van der Waals surface area contributed by atoms with E-state index in [2.05, 4.69) is 30.2 Å². The molecule has 1 aromatic heterocycles. The van der Waals surface area contributed by atoms with Crippen LogP contribution < -0.4 is 10.2 Å². The van der Waals surface area contributed by atoms with Crippen LogP contribution in [0, 0.1) is 5.82 Å². The van der Waals surface area contributed by atoms with E-state index in [0.717, 1.165) is 57.3 Å².